The van der Waals surface area contributed by atoms with E-state index >= 15 is 0 Å². The van der Waals surface area contributed by atoms with Gasteiger partial charge in [-0.3, -0.25) is 9.59 Å². The summed E-state index contributed by atoms with van der Waals surface area (Å²) in [6.07, 6.45) is -1.61. The maximum Gasteiger partial charge on any atom is 0.433 e. The molecule has 1 N–H and O–H groups in total. The van der Waals surface area contributed by atoms with Crippen LogP contribution in [0.5, 0.6) is 0 Å². The minimum atomic E-state index is -4.58. The van der Waals surface area contributed by atoms with Gasteiger partial charge in [0.1, 0.15) is 5.69 Å². The van der Waals surface area contributed by atoms with Gasteiger partial charge in [-0.25, -0.2) is 4.98 Å². The average molecular weight is 391 g/mol. The second-order valence-corrected chi connectivity index (χ2v) is 6.68. The van der Waals surface area contributed by atoms with Crippen molar-refractivity contribution in [2.75, 3.05) is 18.4 Å². The Balaban J connectivity index is 1.82. The van der Waals surface area contributed by atoms with Gasteiger partial charge in [-0.05, 0) is 50.5 Å². The Morgan fingerprint density at radius 3 is 2.32 bits per heavy atom. The molecule has 1 aromatic carbocycles. The number of pyridine rings is 1. The number of carbonyl (C=O) groups excluding carboxylic acids is 2. The second kappa shape index (κ2) is 8.00. The van der Waals surface area contributed by atoms with Crippen molar-refractivity contribution >= 4 is 17.5 Å². The normalized spacial score (nSPS) is 14.6. The highest BCUT2D eigenvalue weighted by molar-refractivity contribution is 6.09. The molecule has 3 rings (SSSR count). The first-order chi connectivity index (χ1) is 13.3. The summed E-state index contributed by atoms with van der Waals surface area (Å²) in [6, 6.07) is 8.48. The number of aryl methyl sites for hydroxylation is 1. The molecule has 2 aromatic rings. The summed E-state index contributed by atoms with van der Waals surface area (Å²) in [5.41, 5.74) is -0.389. The Bertz CT molecular complexity index is 891. The minimum absolute atomic E-state index is 0.0215. The summed E-state index contributed by atoms with van der Waals surface area (Å²) in [7, 11) is 0. The highest BCUT2D eigenvalue weighted by Crippen LogP contribution is 2.28. The van der Waals surface area contributed by atoms with Gasteiger partial charge in [-0.2, -0.15) is 13.2 Å². The van der Waals surface area contributed by atoms with E-state index in [0.717, 1.165) is 31.4 Å². The molecule has 1 saturated heterocycles. The minimum Gasteiger partial charge on any atom is -0.339 e. The van der Waals surface area contributed by atoms with Crippen LogP contribution in [0.15, 0.2) is 36.4 Å². The Kier molecular flexibility index (Phi) is 5.67. The molecule has 8 heteroatoms. The lowest BCUT2D eigenvalue weighted by Crippen LogP contribution is -2.36. The molecule has 148 valence electrons. The first-order valence-corrected chi connectivity index (χ1v) is 9.02. The van der Waals surface area contributed by atoms with E-state index in [-0.39, 0.29) is 17.2 Å². The fraction of sp³-hybridized carbons (Fsp3) is 0.350. The van der Waals surface area contributed by atoms with Gasteiger partial charge in [0.2, 0.25) is 0 Å². The molecule has 0 saturated carbocycles. The first kappa shape index (κ1) is 19.9. The standard InChI is InChI=1S/C20H20F3N3O2/c1-13-14(9-10-17(24-13)20(21,22)23)18(27)25-16-8-4-3-7-15(16)19(28)26-11-5-2-6-12-26/h3-4,7-10H,2,5-6,11-12H2,1H3,(H,25,27). The van der Waals surface area contributed by atoms with Gasteiger partial charge in [0.05, 0.1) is 22.5 Å². The number of anilines is 1. The molecule has 28 heavy (non-hydrogen) atoms. The van der Waals surface area contributed by atoms with Crippen molar-refractivity contribution in [1.29, 1.82) is 0 Å². The van der Waals surface area contributed by atoms with Crippen LogP contribution in [0.25, 0.3) is 0 Å². The maximum atomic E-state index is 12.8. The zero-order valence-corrected chi connectivity index (χ0v) is 15.3. The monoisotopic (exact) mass is 391 g/mol. The number of piperidine rings is 1. The highest BCUT2D eigenvalue weighted by Gasteiger charge is 2.33. The Hall–Kier alpha value is -2.90. The van der Waals surface area contributed by atoms with Gasteiger partial charge < -0.3 is 10.2 Å². The van der Waals surface area contributed by atoms with Gasteiger partial charge in [-0.15, -0.1) is 0 Å². The summed E-state index contributed by atoms with van der Waals surface area (Å²) in [6.45, 7) is 2.68. The Labute approximate surface area is 160 Å². The van der Waals surface area contributed by atoms with Crippen LogP contribution in [-0.4, -0.2) is 34.8 Å². The Morgan fingerprint density at radius 2 is 1.68 bits per heavy atom. The smallest absolute Gasteiger partial charge is 0.339 e. The number of likely N-dealkylation sites (tertiary alicyclic amines) is 1. The molecule has 5 nitrogen and oxygen atoms in total. The predicted molar refractivity (Wildman–Crippen MR) is 98.1 cm³/mol. The SMILES string of the molecule is Cc1nc(C(F)(F)F)ccc1C(=O)Nc1ccccc1C(=O)N1CCCCC1. The van der Waals surface area contributed by atoms with Gasteiger partial charge in [0, 0.05) is 13.1 Å². The van der Waals surface area contributed by atoms with E-state index in [1.165, 1.54) is 6.92 Å². The maximum absolute atomic E-state index is 12.8. The van der Waals surface area contributed by atoms with Crippen LogP contribution in [0.3, 0.4) is 0 Å². The fourth-order valence-electron chi connectivity index (χ4n) is 3.19. The number of hydrogen-bond acceptors (Lipinski definition) is 3. The average Bonchev–Trinajstić information content (AvgIpc) is 2.67. The molecule has 2 amide bonds. The third-order valence-corrected chi connectivity index (χ3v) is 4.67. The van der Waals surface area contributed by atoms with E-state index in [2.05, 4.69) is 10.3 Å². The van der Waals surface area contributed by atoms with Crippen molar-refractivity contribution in [1.82, 2.24) is 9.88 Å². The third kappa shape index (κ3) is 4.32. The number of halogens is 3. The van der Waals surface area contributed by atoms with Crippen molar-refractivity contribution < 1.29 is 22.8 Å². The highest BCUT2D eigenvalue weighted by atomic mass is 19.4. The van der Waals surface area contributed by atoms with Gasteiger partial charge in [0.25, 0.3) is 11.8 Å². The summed E-state index contributed by atoms with van der Waals surface area (Å²) in [5, 5.41) is 2.64. The summed E-state index contributed by atoms with van der Waals surface area (Å²) < 4.78 is 38.3. The molecule has 0 radical (unpaired) electrons. The largest absolute Gasteiger partial charge is 0.433 e. The molecule has 0 spiro atoms. The fourth-order valence-corrected chi connectivity index (χ4v) is 3.19. The molecule has 0 bridgehead atoms. The van der Waals surface area contributed by atoms with Gasteiger partial charge in [-0.1, -0.05) is 12.1 Å². The molecular weight excluding hydrogens is 371 g/mol. The number of nitrogens with zero attached hydrogens (tertiary/aromatic N) is 2. The van der Waals surface area contributed by atoms with E-state index in [9.17, 15) is 22.8 Å². The number of amides is 2. The lowest BCUT2D eigenvalue weighted by Gasteiger charge is -2.27. The molecule has 1 aromatic heterocycles. The molecular formula is C20H20F3N3O2. The van der Waals surface area contributed by atoms with Crippen molar-refractivity contribution in [2.45, 2.75) is 32.4 Å². The number of alkyl halides is 3. The number of hydrogen-bond donors (Lipinski definition) is 1. The van der Waals surface area contributed by atoms with Crippen molar-refractivity contribution in [3.8, 4) is 0 Å². The lowest BCUT2D eigenvalue weighted by atomic mass is 10.1. The van der Waals surface area contributed by atoms with Gasteiger partial charge in [0.15, 0.2) is 0 Å². The summed E-state index contributed by atoms with van der Waals surface area (Å²) in [4.78, 5) is 30.6. The predicted octanol–water partition coefficient (Wildman–Crippen LogP) is 4.29. The van der Waals surface area contributed by atoms with Crippen molar-refractivity contribution in [2.24, 2.45) is 0 Å². The van der Waals surface area contributed by atoms with Crippen LogP contribution >= 0.6 is 0 Å². The number of nitrogens with one attached hydrogen (secondary N) is 1. The van der Waals surface area contributed by atoms with Crippen LogP contribution in [0.4, 0.5) is 18.9 Å². The van der Waals surface area contributed by atoms with E-state index in [0.29, 0.717) is 24.3 Å². The van der Waals surface area contributed by atoms with E-state index in [4.69, 9.17) is 0 Å². The second-order valence-electron chi connectivity index (χ2n) is 6.68. The van der Waals surface area contributed by atoms with E-state index < -0.39 is 17.8 Å². The molecule has 0 aliphatic carbocycles. The van der Waals surface area contributed by atoms with Crippen LogP contribution < -0.4 is 5.32 Å². The van der Waals surface area contributed by atoms with Gasteiger partial charge >= 0.3 is 6.18 Å². The Morgan fingerprint density at radius 1 is 1.00 bits per heavy atom. The number of benzene rings is 1. The number of carbonyl (C=O) groups is 2. The summed E-state index contributed by atoms with van der Waals surface area (Å²) in [5.74, 6) is -0.782. The topological polar surface area (TPSA) is 62.3 Å². The van der Waals surface area contributed by atoms with Crippen LogP contribution in [0, 0.1) is 6.92 Å². The lowest BCUT2D eigenvalue weighted by molar-refractivity contribution is -0.141. The zero-order valence-electron chi connectivity index (χ0n) is 15.3. The first-order valence-electron chi connectivity index (χ1n) is 9.02. The van der Waals surface area contributed by atoms with E-state index in [1.807, 2.05) is 0 Å². The quantitative estimate of drug-likeness (QED) is 0.849. The number of aromatic nitrogens is 1. The molecule has 0 atom stereocenters. The summed E-state index contributed by atoms with van der Waals surface area (Å²) >= 11 is 0. The van der Waals surface area contributed by atoms with Crippen LogP contribution in [0.1, 0.15) is 51.4 Å². The van der Waals surface area contributed by atoms with Crippen LogP contribution in [0.2, 0.25) is 0 Å². The molecule has 0 unspecified atom stereocenters. The van der Waals surface area contributed by atoms with Crippen molar-refractivity contribution in [3.63, 3.8) is 0 Å². The molecule has 2 heterocycles. The molecule has 1 aliphatic rings. The number of para-hydroxylation sites is 1. The van der Waals surface area contributed by atoms with Crippen molar-refractivity contribution in [3.05, 3.63) is 58.9 Å². The number of rotatable bonds is 3. The molecule has 1 fully saturated rings. The van der Waals surface area contributed by atoms with Crippen LogP contribution in [-0.2, 0) is 6.18 Å². The molecule has 1 aliphatic heterocycles. The zero-order chi connectivity index (χ0) is 20.3. The van der Waals surface area contributed by atoms with E-state index in [1.54, 1.807) is 29.2 Å². The third-order valence-electron chi connectivity index (χ3n) is 4.67.